The van der Waals surface area contributed by atoms with Crippen LogP contribution < -0.4 is 4.90 Å². The first-order chi connectivity index (χ1) is 15.1. The normalized spacial score (nSPS) is 17.2. The van der Waals surface area contributed by atoms with Gasteiger partial charge in [0.05, 0.1) is 10.6 Å². The Labute approximate surface area is 189 Å². The number of anilines is 1. The molecule has 0 aliphatic carbocycles. The molecular weight excluding hydrogens is 450 g/mol. The Morgan fingerprint density at radius 1 is 0.938 bits per heavy atom. The summed E-state index contributed by atoms with van der Waals surface area (Å²) in [6, 6.07) is 11.5. The van der Waals surface area contributed by atoms with Crippen LogP contribution in [0.15, 0.2) is 47.4 Å². The van der Waals surface area contributed by atoms with E-state index in [4.69, 9.17) is 0 Å². The van der Waals surface area contributed by atoms with E-state index in [1.165, 1.54) is 24.5 Å². The predicted molar refractivity (Wildman–Crippen MR) is 123 cm³/mol. The molecule has 2 heterocycles. The van der Waals surface area contributed by atoms with E-state index < -0.39 is 20.0 Å². The van der Waals surface area contributed by atoms with Crippen molar-refractivity contribution in [2.75, 3.05) is 38.6 Å². The summed E-state index contributed by atoms with van der Waals surface area (Å²) in [5.41, 5.74) is 2.63. The van der Waals surface area contributed by atoms with E-state index in [-0.39, 0.29) is 16.6 Å². The van der Waals surface area contributed by atoms with Crippen molar-refractivity contribution >= 4 is 31.6 Å². The van der Waals surface area contributed by atoms with Crippen LogP contribution in [0.2, 0.25) is 0 Å². The Hall–Kier alpha value is -2.27. The Kier molecular flexibility index (Phi) is 6.15. The van der Waals surface area contributed by atoms with Crippen LogP contribution >= 0.6 is 0 Å². The molecule has 0 unspecified atom stereocenters. The van der Waals surface area contributed by atoms with Crippen molar-refractivity contribution in [3.8, 4) is 0 Å². The standard InChI is InChI=1S/C22H27N3O5S2/c1-23(2)32(29,30)20-9-10-21-19(15-20)11-14-25(21)22(26)18-7-5-17(6-8-18)16-31(27,28)24-12-3-4-13-24/h5-10,15H,3-4,11-14,16H2,1-2H3. The summed E-state index contributed by atoms with van der Waals surface area (Å²) in [5.74, 6) is -0.266. The van der Waals surface area contributed by atoms with Gasteiger partial charge in [-0.1, -0.05) is 12.1 Å². The fourth-order valence-corrected chi connectivity index (χ4v) is 6.69. The lowest BCUT2D eigenvalue weighted by molar-refractivity contribution is 0.0989. The first-order valence-electron chi connectivity index (χ1n) is 10.5. The summed E-state index contributed by atoms with van der Waals surface area (Å²) in [4.78, 5) is 14.9. The van der Waals surface area contributed by atoms with Crippen LogP contribution in [0.1, 0.15) is 34.3 Å². The lowest BCUT2D eigenvalue weighted by Gasteiger charge is -2.19. The number of hydrogen-bond donors (Lipinski definition) is 0. The van der Waals surface area contributed by atoms with Crippen LogP contribution in [-0.4, -0.2) is 65.1 Å². The smallest absolute Gasteiger partial charge is 0.258 e. The van der Waals surface area contributed by atoms with E-state index >= 15 is 0 Å². The molecule has 0 spiro atoms. The molecule has 0 radical (unpaired) electrons. The van der Waals surface area contributed by atoms with Gasteiger partial charge in [-0.05, 0) is 60.7 Å². The minimum absolute atomic E-state index is 0.0723. The van der Waals surface area contributed by atoms with Crippen LogP contribution in [-0.2, 0) is 32.2 Å². The van der Waals surface area contributed by atoms with E-state index in [9.17, 15) is 21.6 Å². The van der Waals surface area contributed by atoms with Gasteiger partial charge in [-0.25, -0.2) is 25.4 Å². The van der Waals surface area contributed by atoms with Crippen LogP contribution in [0.25, 0.3) is 0 Å². The topological polar surface area (TPSA) is 95.1 Å². The number of amides is 1. The van der Waals surface area contributed by atoms with Crippen molar-refractivity contribution < 1.29 is 21.6 Å². The molecule has 1 fully saturated rings. The highest BCUT2D eigenvalue weighted by Crippen LogP contribution is 2.32. The summed E-state index contributed by atoms with van der Waals surface area (Å²) in [5, 5.41) is 0. The van der Waals surface area contributed by atoms with Gasteiger partial charge in [0.15, 0.2) is 0 Å². The quantitative estimate of drug-likeness (QED) is 0.635. The summed E-state index contributed by atoms with van der Waals surface area (Å²) in [7, 11) is -3.91. The summed E-state index contributed by atoms with van der Waals surface area (Å²) in [6.45, 7) is 1.61. The monoisotopic (exact) mass is 477 g/mol. The molecule has 8 nitrogen and oxygen atoms in total. The zero-order chi connectivity index (χ0) is 23.1. The van der Waals surface area contributed by atoms with Gasteiger partial charge in [-0.15, -0.1) is 0 Å². The molecule has 172 valence electrons. The first kappa shape index (κ1) is 22.9. The van der Waals surface area contributed by atoms with E-state index in [2.05, 4.69) is 0 Å². The largest absolute Gasteiger partial charge is 0.308 e. The summed E-state index contributed by atoms with van der Waals surface area (Å²) in [6.07, 6.45) is 2.36. The van der Waals surface area contributed by atoms with Crippen molar-refractivity contribution in [3.63, 3.8) is 0 Å². The second kappa shape index (κ2) is 8.58. The molecule has 0 N–H and O–H groups in total. The van der Waals surface area contributed by atoms with Crippen LogP contribution in [0.5, 0.6) is 0 Å². The predicted octanol–water partition coefficient (Wildman–Crippen LogP) is 2.07. The lowest BCUT2D eigenvalue weighted by Crippen LogP contribution is -2.29. The van der Waals surface area contributed by atoms with E-state index in [0.29, 0.717) is 42.9 Å². The Morgan fingerprint density at radius 3 is 2.22 bits per heavy atom. The maximum Gasteiger partial charge on any atom is 0.258 e. The third kappa shape index (κ3) is 4.32. The number of carbonyl (C=O) groups is 1. The van der Waals surface area contributed by atoms with Crippen molar-refractivity contribution in [1.29, 1.82) is 0 Å². The second-order valence-electron chi connectivity index (χ2n) is 8.34. The number of hydrogen-bond acceptors (Lipinski definition) is 5. The number of nitrogens with zero attached hydrogens (tertiary/aromatic N) is 3. The molecule has 1 amide bonds. The molecule has 2 aliphatic heterocycles. The SMILES string of the molecule is CN(C)S(=O)(=O)c1ccc2c(c1)CCN2C(=O)c1ccc(CS(=O)(=O)N2CCCC2)cc1. The number of sulfonamides is 2. The molecule has 2 aromatic rings. The van der Waals surface area contributed by atoms with Gasteiger partial charge in [0.1, 0.15) is 0 Å². The van der Waals surface area contributed by atoms with Gasteiger partial charge < -0.3 is 4.90 Å². The van der Waals surface area contributed by atoms with Gasteiger partial charge in [-0.2, -0.15) is 0 Å². The number of fused-ring (bicyclic) bond motifs is 1. The highest BCUT2D eigenvalue weighted by molar-refractivity contribution is 7.89. The maximum absolute atomic E-state index is 13.1. The third-order valence-corrected chi connectivity index (χ3v) is 9.64. The van der Waals surface area contributed by atoms with Gasteiger partial charge in [0.2, 0.25) is 20.0 Å². The average molecular weight is 478 g/mol. The average Bonchev–Trinajstić information content (AvgIpc) is 3.43. The summed E-state index contributed by atoms with van der Waals surface area (Å²) >= 11 is 0. The van der Waals surface area contributed by atoms with E-state index in [1.54, 1.807) is 41.3 Å². The second-order valence-corrected chi connectivity index (χ2v) is 12.5. The molecule has 0 bridgehead atoms. The molecular formula is C22H27N3O5S2. The minimum atomic E-state index is -3.54. The molecule has 0 aromatic heterocycles. The molecule has 4 rings (SSSR count). The van der Waals surface area contributed by atoms with E-state index in [1.807, 2.05) is 0 Å². The molecule has 2 aliphatic rings. The zero-order valence-corrected chi connectivity index (χ0v) is 19.8. The van der Waals surface area contributed by atoms with Crippen molar-refractivity contribution in [2.24, 2.45) is 0 Å². The molecule has 32 heavy (non-hydrogen) atoms. The van der Waals surface area contributed by atoms with Crippen molar-refractivity contribution in [1.82, 2.24) is 8.61 Å². The highest BCUT2D eigenvalue weighted by Gasteiger charge is 2.29. The van der Waals surface area contributed by atoms with Crippen LogP contribution in [0.4, 0.5) is 5.69 Å². The number of rotatable bonds is 6. The number of benzene rings is 2. The van der Waals surface area contributed by atoms with Gasteiger partial charge >= 0.3 is 0 Å². The fraction of sp³-hybridized carbons (Fsp3) is 0.409. The highest BCUT2D eigenvalue weighted by atomic mass is 32.2. The Morgan fingerprint density at radius 2 is 1.59 bits per heavy atom. The van der Waals surface area contributed by atoms with Gasteiger partial charge in [0, 0.05) is 45.0 Å². The van der Waals surface area contributed by atoms with Crippen LogP contribution in [0.3, 0.4) is 0 Å². The lowest BCUT2D eigenvalue weighted by atomic mass is 10.1. The number of carbonyl (C=O) groups excluding carboxylic acids is 1. The van der Waals surface area contributed by atoms with E-state index in [0.717, 1.165) is 22.7 Å². The molecule has 0 atom stereocenters. The fourth-order valence-electron chi connectivity index (χ4n) is 4.13. The third-order valence-electron chi connectivity index (χ3n) is 5.98. The van der Waals surface area contributed by atoms with Gasteiger partial charge in [0.25, 0.3) is 5.91 Å². The molecule has 1 saturated heterocycles. The Bertz CT molecular complexity index is 1230. The molecule has 2 aromatic carbocycles. The van der Waals surface area contributed by atoms with Crippen LogP contribution in [0, 0.1) is 0 Å². The Balaban J connectivity index is 1.50. The zero-order valence-electron chi connectivity index (χ0n) is 18.2. The molecule has 10 heteroatoms. The van der Waals surface area contributed by atoms with Gasteiger partial charge in [-0.3, -0.25) is 4.79 Å². The summed E-state index contributed by atoms with van der Waals surface area (Å²) < 4.78 is 52.5. The minimum Gasteiger partial charge on any atom is -0.308 e. The molecule has 0 saturated carbocycles. The maximum atomic E-state index is 13.1. The van der Waals surface area contributed by atoms with Crippen molar-refractivity contribution in [2.45, 2.75) is 29.9 Å². The van der Waals surface area contributed by atoms with Crippen molar-refractivity contribution in [3.05, 3.63) is 59.2 Å². The first-order valence-corrected chi connectivity index (χ1v) is 13.6.